The average Bonchev–Trinajstić information content (AvgIpc) is 2.93. The van der Waals surface area contributed by atoms with Crippen molar-refractivity contribution < 1.29 is 19.1 Å². The molecular weight excluding hydrogens is 488 g/mol. The normalized spacial score (nSPS) is 18.1. The van der Waals surface area contributed by atoms with Crippen molar-refractivity contribution in [1.29, 1.82) is 0 Å². The number of benzene rings is 3. The molecule has 1 heterocycles. The third kappa shape index (κ3) is 6.15. The molecule has 4 rings (SSSR count). The van der Waals surface area contributed by atoms with E-state index in [-0.39, 0.29) is 24.3 Å². The van der Waals surface area contributed by atoms with Crippen LogP contribution in [0.15, 0.2) is 60.7 Å². The van der Waals surface area contributed by atoms with Crippen molar-refractivity contribution in [3.8, 4) is 0 Å². The number of nitrogens with zero attached hydrogens (tertiary/aromatic N) is 2. The van der Waals surface area contributed by atoms with Crippen molar-refractivity contribution >= 4 is 39.9 Å². The van der Waals surface area contributed by atoms with Crippen molar-refractivity contribution in [2.75, 3.05) is 38.7 Å². The number of carbonyl (C=O) groups excluding carboxylic acids is 2. The molecule has 0 aromatic heterocycles. The van der Waals surface area contributed by atoms with Crippen molar-refractivity contribution in [3.05, 3.63) is 76.8 Å². The van der Waals surface area contributed by atoms with Crippen LogP contribution in [0.2, 0.25) is 5.02 Å². The van der Waals surface area contributed by atoms with Crippen molar-refractivity contribution in [3.63, 3.8) is 0 Å². The van der Waals surface area contributed by atoms with Gasteiger partial charge in [0.1, 0.15) is 12.2 Å². The molecule has 1 amide bonds. The maximum absolute atomic E-state index is 14.1. The molecule has 0 N–H and O–H groups in total. The molecule has 196 valence electrons. The van der Waals surface area contributed by atoms with E-state index in [1.807, 2.05) is 68.7 Å². The van der Waals surface area contributed by atoms with Gasteiger partial charge in [0.15, 0.2) is 0 Å². The number of halogens is 1. The lowest BCUT2D eigenvalue weighted by atomic mass is 9.90. The molecule has 0 unspecified atom stereocenters. The highest BCUT2D eigenvalue weighted by Gasteiger charge is 2.40. The summed E-state index contributed by atoms with van der Waals surface area (Å²) in [7, 11) is 4.03. The van der Waals surface area contributed by atoms with Crippen LogP contribution < -0.4 is 4.90 Å². The Bertz CT molecular complexity index is 1280. The van der Waals surface area contributed by atoms with E-state index in [4.69, 9.17) is 21.1 Å². The first-order valence-corrected chi connectivity index (χ1v) is 13.0. The monoisotopic (exact) mass is 522 g/mol. The quantitative estimate of drug-likeness (QED) is 0.347. The zero-order valence-corrected chi connectivity index (χ0v) is 22.9. The highest BCUT2D eigenvalue weighted by atomic mass is 35.5. The van der Waals surface area contributed by atoms with Crippen LogP contribution in [0.4, 0.5) is 5.69 Å². The molecule has 0 bridgehead atoms. The van der Waals surface area contributed by atoms with Gasteiger partial charge in [0.05, 0.1) is 13.0 Å². The van der Waals surface area contributed by atoms with E-state index >= 15 is 0 Å². The molecular formula is C30H35ClN2O4. The smallest absolute Gasteiger partial charge is 0.308 e. The topological polar surface area (TPSA) is 59.1 Å². The van der Waals surface area contributed by atoms with Crippen LogP contribution in [0.25, 0.3) is 10.8 Å². The summed E-state index contributed by atoms with van der Waals surface area (Å²) in [6.07, 6.45) is -1.78. The summed E-state index contributed by atoms with van der Waals surface area (Å²) in [6.45, 7) is 7.47. The minimum Gasteiger partial charge on any atom is -0.466 e. The number of fused-ring (bicyclic) bond motifs is 2. The summed E-state index contributed by atoms with van der Waals surface area (Å²) in [5.41, 5.74) is 2.22. The molecule has 1 aliphatic rings. The maximum Gasteiger partial charge on any atom is 0.308 e. The summed E-state index contributed by atoms with van der Waals surface area (Å²) in [4.78, 5) is 30.5. The summed E-state index contributed by atoms with van der Waals surface area (Å²) in [6, 6.07) is 19.7. The van der Waals surface area contributed by atoms with Crippen LogP contribution in [0.5, 0.6) is 0 Å². The SMILES string of the molecule is CCOC(=O)C[C@H]1O[C@H](c2cccc3ccccc23)c2cc(Cl)ccc2N(CC(C)(C)CN(C)C)C1=O. The lowest BCUT2D eigenvalue weighted by Gasteiger charge is -2.35. The number of ether oxygens (including phenoxy) is 2. The Labute approximate surface area is 224 Å². The fourth-order valence-electron chi connectivity index (χ4n) is 5.29. The number of amides is 1. The molecule has 0 fully saturated rings. The first-order chi connectivity index (χ1) is 17.6. The van der Waals surface area contributed by atoms with Crippen LogP contribution in [-0.2, 0) is 19.1 Å². The Balaban J connectivity index is 1.89. The van der Waals surface area contributed by atoms with Gasteiger partial charge in [-0.15, -0.1) is 0 Å². The molecule has 3 aromatic rings. The molecule has 0 radical (unpaired) electrons. The Kier molecular flexibility index (Phi) is 8.22. The number of hydrogen-bond donors (Lipinski definition) is 0. The summed E-state index contributed by atoms with van der Waals surface area (Å²) >= 11 is 6.51. The van der Waals surface area contributed by atoms with Crippen LogP contribution >= 0.6 is 11.6 Å². The minimum absolute atomic E-state index is 0.166. The van der Waals surface area contributed by atoms with Gasteiger partial charge in [-0.2, -0.15) is 0 Å². The molecule has 0 saturated heterocycles. The second kappa shape index (κ2) is 11.2. The van der Waals surface area contributed by atoms with Gasteiger partial charge < -0.3 is 19.3 Å². The van der Waals surface area contributed by atoms with Crippen LogP contribution in [0, 0.1) is 5.41 Å². The summed E-state index contributed by atoms with van der Waals surface area (Å²) in [5, 5.41) is 2.63. The lowest BCUT2D eigenvalue weighted by molar-refractivity contribution is -0.151. The molecule has 0 saturated carbocycles. The van der Waals surface area contributed by atoms with E-state index < -0.39 is 18.2 Å². The fraction of sp³-hybridized carbons (Fsp3) is 0.400. The highest BCUT2D eigenvalue weighted by Crippen LogP contribution is 2.42. The summed E-state index contributed by atoms with van der Waals surface area (Å²) in [5.74, 6) is -0.722. The van der Waals surface area contributed by atoms with Gasteiger partial charge in [-0.3, -0.25) is 9.59 Å². The fourth-order valence-corrected chi connectivity index (χ4v) is 5.47. The first kappa shape index (κ1) is 27.1. The van der Waals surface area contributed by atoms with Gasteiger partial charge in [-0.25, -0.2) is 0 Å². The number of carbonyl (C=O) groups is 2. The predicted molar refractivity (Wildman–Crippen MR) is 148 cm³/mol. The third-order valence-electron chi connectivity index (χ3n) is 6.50. The number of hydrogen-bond acceptors (Lipinski definition) is 5. The largest absolute Gasteiger partial charge is 0.466 e. The van der Waals surface area contributed by atoms with Gasteiger partial charge >= 0.3 is 5.97 Å². The molecule has 0 spiro atoms. The standard InChI is InChI=1S/C30H35ClN2O4/c1-6-36-27(34)17-26-29(35)33(19-30(2,3)18-32(4)5)25-15-14-21(31)16-24(25)28(37-26)23-13-9-11-20-10-7-8-12-22(20)23/h7-16,26,28H,6,17-19H2,1-5H3/t26-,28-/m1/s1. The van der Waals surface area contributed by atoms with Crippen molar-refractivity contribution in [1.82, 2.24) is 4.90 Å². The van der Waals surface area contributed by atoms with E-state index in [1.54, 1.807) is 17.9 Å². The zero-order valence-electron chi connectivity index (χ0n) is 22.2. The Morgan fingerprint density at radius 2 is 1.81 bits per heavy atom. The predicted octanol–water partition coefficient (Wildman–Crippen LogP) is 5.86. The van der Waals surface area contributed by atoms with E-state index in [2.05, 4.69) is 18.7 Å². The number of esters is 1. The Morgan fingerprint density at radius 1 is 1.08 bits per heavy atom. The minimum atomic E-state index is -1.01. The summed E-state index contributed by atoms with van der Waals surface area (Å²) < 4.78 is 11.8. The molecule has 0 aliphatic carbocycles. The highest BCUT2D eigenvalue weighted by molar-refractivity contribution is 6.30. The van der Waals surface area contributed by atoms with Crippen LogP contribution in [0.1, 0.15) is 44.4 Å². The van der Waals surface area contributed by atoms with Crippen molar-refractivity contribution in [2.24, 2.45) is 5.41 Å². The number of rotatable bonds is 8. The zero-order chi connectivity index (χ0) is 26.7. The van der Waals surface area contributed by atoms with Crippen LogP contribution in [-0.4, -0.2) is 56.7 Å². The molecule has 37 heavy (non-hydrogen) atoms. The molecule has 2 atom stereocenters. The van der Waals surface area contributed by atoms with Crippen molar-refractivity contribution in [2.45, 2.75) is 39.4 Å². The molecule has 7 heteroatoms. The molecule has 6 nitrogen and oxygen atoms in total. The van der Waals surface area contributed by atoms with E-state index in [1.165, 1.54) is 0 Å². The third-order valence-corrected chi connectivity index (χ3v) is 6.73. The second-order valence-corrected chi connectivity index (χ2v) is 11.0. The van der Waals surface area contributed by atoms with Gasteiger partial charge in [-0.05, 0) is 61.0 Å². The van der Waals surface area contributed by atoms with Crippen LogP contribution in [0.3, 0.4) is 0 Å². The van der Waals surface area contributed by atoms with Gasteiger partial charge in [0, 0.05) is 29.4 Å². The van der Waals surface area contributed by atoms with Gasteiger partial charge in [0.25, 0.3) is 5.91 Å². The Morgan fingerprint density at radius 3 is 2.54 bits per heavy atom. The first-order valence-electron chi connectivity index (χ1n) is 12.6. The van der Waals surface area contributed by atoms with Gasteiger partial charge in [0.2, 0.25) is 0 Å². The molecule has 1 aliphatic heterocycles. The number of anilines is 1. The second-order valence-electron chi connectivity index (χ2n) is 10.6. The van der Waals surface area contributed by atoms with E-state index in [0.717, 1.165) is 34.1 Å². The Hall–Kier alpha value is -2.93. The average molecular weight is 523 g/mol. The van der Waals surface area contributed by atoms with E-state index in [0.29, 0.717) is 11.6 Å². The van der Waals surface area contributed by atoms with Gasteiger partial charge in [-0.1, -0.05) is 67.9 Å². The lowest BCUT2D eigenvalue weighted by Crippen LogP contribution is -2.47. The molecule has 3 aromatic carbocycles. The maximum atomic E-state index is 14.1. The van der Waals surface area contributed by atoms with E-state index in [9.17, 15) is 9.59 Å².